The lowest BCUT2D eigenvalue weighted by Crippen LogP contribution is -2.61. The molecule has 0 spiro atoms. The molecule has 102 valence electrons. The summed E-state index contributed by atoms with van der Waals surface area (Å²) < 4.78 is 4.94. The third kappa shape index (κ3) is 5.70. The molecular weight excluding hydrogens is 232 g/mol. The van der Waals surface area contributed by atoms with E-state index in [9.17, 15) is 9.59 Å². The van der Waals surface area contributed by atoms with Crippen LogP contribution in [0.15, 0.2) is 12.2 Å². The summed E-state index contributed by atoms with van der Waals surface area (Å²) in [5.74, 6) is -0.150. The zero-order valence-corrected chi connectivity index (χ0v) is 10.9. The Balaban J connectivity index is 1.93. The minimum Gasteiger partial charge on any atom is -0.449 e. The number of β-lactam (4-membered cyclic amide) rings is 1. The second kappa shape index (κ2) is 8.55. The van der Waals surface area contributed by atoms with Crippen LogP contribution in [0.25, 0.3) is 0 Å². The molecule has 0 aliphatic carbocycles. The van der Waals surface area contributed by atoms with E-state index in [4.69, 9.17) is 4.74 Å². The number of unbranched alkanes of at least 4 members (excludes halogenated alkanes) is 3. The van der Waals surface area contributed by atoms with E-state index in [0.717, 1.165) is 12.8 Å². The third-order valence-corrected chi connectivity index (χ3v) is 2.75. The number of nitrogens with one attached hydrogen (secondary N) is 2. The molecule has 1 fully saturated rings. The molecule has 2 amide bonds. The Morgan fingerprint density at radius 2 is 2.22 bits per heavy atom. The highest BCUT2D eigenvalue weighted by atomic mass is 16.5. The Hall–Kier alpha value is -1.52. The molecule has 0 aromatic carbocycles. The van der Waals surface area contributed by atoms with Gasteiger partial charge in [-0.15, -0.1) is 0 Å². The molecule has 0 radical (unpaired) electrons. The Kier molecular flexibility index (Phi) is 6.91. The molecule has 1 heterocycles. The van der Waals surface area contributed by atoms with Gasteiger partial charge in [-0.1, -0.05) is 31.9 Å². The summed E-state index contributed by atoms with van der Waals surface area (Å²) in [6.45, 7) is 3.02. The van der Waals surface area contributed by atoms with E-state index in [1.54, 1.807) is 0 Å². The molecule has 0 bridgehead atoms. The van der Waals surface area contributed by atoms with Gasteiger partial charge in [-0.25, -0.2) is 4.79 Å². The van der Waals surface area contributed by atoms with Crippen molar-refractivity contribution in [3.63, 3.8) is 0 Å². The van der Waals surface area contributed by atoms with Gasteiger partial charge in [0, 0.05) is 6.54 Å². The first-order chi connectivity index (χ1) is 8.74. The van der Waals surface area contributed by atoms with Gasteiger partial charge in [0.2, 0.25) is 5.91 Å². The predicted molar refractivity (Wildman–Crippen MR) is 69.2 cm³/mol. The summed E-state index contributed by atoms with van der Waals surface area (Å²) in [5.41, 5.74) is 0. The molecule has 2 N–H and O–H groups in total. The molecule has 0 saturated carbocycles. The average Bonchev–Trinajstić information content (AvgIpc) is 2.37. The summed E-state index contributed by atoms with van der Waals surface area (Å²) in [5, 5.41) is 5.03. The fourth-order valence-corrected chi connectivity index (χ4v) is 1.56. The van der Waals surface area contributed by atoms with Crippen molar-refractivity contribution in [1.82, 2.24) is 10.6 Å². The van der Waals surface area contributed by atoms with Crippen molar-refractivity contribution in [2.75, 3.05) is 13.2 Å². The molecule has 1 saturated heterocycles. The summed E-state index contributed by atoms with van der Waals surface area (Å²) in [7, 11) is 0. The van der Waals surface area contributed by atoms with Crippen LogP contribution in [-0.2, 0) is 9.53 Å². The maximum absolute atomic E-state index is 11.2. The van der Waals surface area contributed by atoms with Crippen molar-refractivity contribution in [1.29, 1.82) is 0 Å². The zero-order chi connectivity index (χ0) is 13.2. The monoisotopic (exact) mass is 254 g/mol. The highest BCUT2D eigenvalue weighted by Crippen LogP contribution is 2.00. The topological polar surface area (TPSA) is 67.4 Å². The van der Waals surface area contributed by atoms with Gasteiger partial charge in [-0.3, -0.25) is 4.79 Å². The molecule has 1 aliphatic rings. The number of rotatable bonds is 8. The second-order valence-corrected chi connectivity index (χ2v) is 4.33. The van der Waals surface area contributed by atoms with Gasteiger partial charge < -0.3 is 15.4 Å². The highest BCUT2D eigenvalue weighted by molar-refractivity contribution is 5.90. The van der Waals surface area contributed by atoms with Gasteiger partial charge >= 0.3 is 6.09 Å². The molecule has 1 atom stereocenters. The predicted octanol–water partition coefficient (Wildman–Crippen LogP) is 1.74. The Morgan fingerprint density at radius 3 is 2.83 bits per heavy atom. The van der Waals surface area contributed by atoms with Crippen LogP contribution in [0.2, 0.25) is 0 Å². The van der Waals surface area contributed by atoms with Crippen molar-refractivity contribution in [2.24, 2.45) is 0 Å². The van der Waals surface area contributed by atoms with E-state index >= 15 is 0 Å². The van der Waals surface area contributed by atoms with E-state index in [0.29, 0.717) is 13.2 Å². The van der Waals surface area contributed by atoms with Gasteiger partial charge in [0.1, 0.15) is 6.04 Å². The molecule has 18 heavy (non-hydrogen) atoms. The lowest BCUT2D eigenvalue weighted by Gasteiger charge is -2.26. The van der Waals surface area contributed by atoms with Crippen LogP contribution in [-0.4, -0.2) is 31.2 Å². The SMILES string of the molecule is CCCCC/C=C/CCOC(=O)N[C@H]1CNC1=O. The number of alkyl carbamates (subject to hydrolysis) is 1. The van der Waals surface area contributed by atoms with Crippen LogP contribution in [0, 0.1) is 0 Å². The lowest BCUT2D eigenvalue weighted by molar-refractivity contribution is -0.128. The van der Waals surface area contributed by atoms with Crippen LogP contribution in [0.1, 0.15) is 39.0 Å². The Bertz CT molecular complexity index is 303. The van der Waals surface area contributed by atoms with E-state index < -0.39 is 12.1 Å². The maximum Gasteiger partial charge on any atom is 0.407 e. The van der Waals surface area contributed by atoms with Gasteiger partial charge in [0.05, 0.1) is 6.61 Å². The average molecular weight is 254 g/mol. The summed E-state index contributed by atoms with van der Waals surface area (Å²) in [4.78, 5) is 22.1. The van der Waals surface area contributed by atoms with Crippen molar-refractivity contribution < 1.29 is 14.3 Å². The van der Waals surface area contributed by atoms with Gasteiger partial charge in [0.15, 0.2) is 0 Å². The van der Waals surface area contributed by atoms with Crippen LogP contribution < -0.4 is 10.6 Å². The number of amides is 2. The van der Waals surface area contributed by atoms with Crippen molar-refractivity contribution in [3.05, 3.63) is 12.2 Å². The number of hydrogen-bond acceptors (Lipinski definition) is 3. The van der Waals surface area contributed by atoms with Crippen LogP contribution in [0.4, 0.5) is 4.79 Å². The number of allylic oxidation sites excluding steroid dienone is 1. The summed E-state index contributed by atoms with van der Waals surface area (Å²) in [6.07, 6.45) is 9.13. The third-order valence-electron chi connectivity index (χ3n) is 2.75. The molecule has 0 aromatic heterocycles. The molecule has 0 aromatic rings. The first kappa shape index (κ1) is 14.5. The first-order valence-corrected chi connectivity index (χ1v) is 6.60. The Labute approximate surface area is 108 Å². The molecular formula is C13H22N2O3. The first-order valence-electron chi connectivity index (χ1n) is 6.60. The molecule has 0 unspecified atom stereocenters. The standard InChI is InChI=1S/C13H22N2O3/c1-2-3-4-5-6-7-8-9-18-13(17)15-11-10-14-12(11)16/h6-7,11H,2-5,8-10H2,1H3,(H,14,16)(H,15,17)/b7-6+/t11-/m0/s1. The molecule has 5 nitrogen and oxygen atoms in total. The highest BCUT2D eigenvalue weighted by Gasteiger charge is 2.29. The number of carbonyl (C=O) groups is 2. The largest absolute Gasteiger partial charge is 0.449 e. The van der Waals surface area contributed by atoms with E-state index in [1.807, 2.05) is 6.08 Å². The van der Waals surface area contributed by atoms with Crippen LogP contribution >= 0.6 is 0 Å². The number of hydrogen-bond donors (Lipinski definition) is 2. The summed E-state index contributed by atoms with van der Waals surface area (Å²) in [6, 6.07) is -0.415. The molecule has 1 aliphatic heterocycles. The molecule has 5 heteroatoms. The van der Waals surface area contributed by atoms with Gasteiger partial charge in [-0.2, -0.15) is 0 Å². The van der Waals surface area contributed by atoms with Crippen molar-refractivity contribution in [2.45, 2.75) is 45.1 Å². The fourth-order valence-electron chi connectivity index (χ4n) is 1.56. The quantitative estimate of drug-likeness (QED) is 0.394. The van der Waals surface area contributed by atoms with Crippen LogP contribution in [0.3, 0.4) is 0 Å². The van der Waals surface area contributed by atoms with Crippen molar-refractivity contribution >= 4 is 12.0 Å². The van der Waals surface area contributed by atoms with Gasteiger partial charge in [-0.05, 0) is 19.3 Å². The van der Waals surface area contributed by atoms with E-state index in [1.165, 1.54) is 19.3 Å². The zero-order valence-electron chi connectivity index (χ0n) is 10.9. The maximum atomic E-state index is 11.2. The van der Waals surface area contributed by atoms with Crippen LogP contribution in [0.5, 0.6) is 0 Å². The molecule has 1 rings (SSSR count). The van der Waals surface area contributed by atoms with E-state index in [-0.39, 0.29) is 5.91 Å². The smallest absolute Gasteiger partial charge is 0.407 e. The minimum absolute atomic E-state index is 0.150. The number of ether oxygens (including phenoxy) is 1. The normalized spacial score (nSPS) is 18.3. The van der Waals surface area contributed by atoms with E-state index in [2.05, 4.69) is 23.6 Å². The lowest BCUT2D eigenvalue weighted by atomic mass is 10.2. The summed E-state index contributed by atoms with van der Waals surface area (Å²) >= 11 is 0. The minimum atomic E-state index is -0.519. The Morgan fingerprint density at radius 1 is 1.44 bits per heavy atom. The van der Waals surface area contributed by atoms with Gasteiger partial charge in [0.25, 0.3) is 0 Å². The second-order valence-electron chi connectivity index (χ2n) is 4.33. The van der Waals surface area contributed by atoms with Crippen molar-refractivity contribution in [3.8, 4) is 0 Å². The fraction of sp³-hybridized carbons (Fsp3) is 0.692. The number of carbonyl (C=O) groups excluding carboxylic acids is 2.